The highest BCUT2D eigenvalue weighted by atomic mass is 15.2. The van der Waals surface area contributed by atoms with Gasteiger partial charge in [-0.2, -0.15) is 0 Å². The van der Waals surface area contributed by atoms with Crippen LogP contribution in [0.2, 0.25) is 0 Å². The lowest BCUT2D eigenvalue weighted by molar-refractivity contribution is 0.845. The molecule has 11 heavy (non-hydrogen) atoms. The molecule has 0 saturated heterocycles. The van der Waals surface area contributed by atoms with E-state index in [0.717, 1.165) is 5.69 Å². The fourth-order valence-electron chi connectivity index (χ4n) is 1.04. The van der Waals surface area contributed by atoms with Crippen LogP contribution < -0.4 is 5.49 Å². The van der Waals surface area contributed by atoms with Gasteiger partial charge >= 0.3 is 0 Å². The number of aromatic amines is 1. The van der Waals surface area contributed by atoms with Crippen LogP contribution in [0, 0.1) is 12.3 Å². The second-order valence-electron chi connectivity index (χ2n) is 2.33. The van der Waals surface area contributed by atoms with Crippen molar-refractivity contribution in [2.75, 3.05) is 0 Å². The molecule has 0 spiro atoms. The molecule has 56 valence electrons. The zero-order valence-electron chi connectivity index (χ0n) is 7.05. The fourth-order valence-corrected chi connectivity index (χ4v) is 1.04. The van der Waals surface area contributed by atoms with Crippen LogP contribution in [0.15, 0.2) is 18.4 Å². The molecule has 4 heteroatoms. The van der Waals surface area contributed by atoms with Crippen LogP contribution in [0.4, 0.5) is 0 Å². The van der Waals surface area contributed by atoms with Crippen molar-refractivity contribution in [2.24, 2.45) is 0 Å². The molecule has 2 aromatic heterocycles. The highest BCUT2D eigenvalue weighted by Crippen LogP contribution is 1.99. The van der Waals surface area contributed by atoms with Crippen LogP contribution in [-0.2, 0) is 0 Å². The van der Waals surface area contributed by atoms with Crippen molar-refractivity contribution in [2.45, 2.75) is 6.92 Å². The lowest BCUT2D eigenvalue weighted by Gasteiger charge is -1.95. The van der Waals surface area contributed by atoms with Crippen molar-refractivity contribution in [3.05, 3.63) is 29.6 Å². The standard InChI is InChI=1S/C7H8N4/c1-5-2-3-6-7(8)9-4-10-11(5)6/h2-4H,1H3,(H2,8,9,10)/i2D. The van der Waals surface area contributed by atoms with Crippen LogP contribution in [0.1, 0.15) is 7.06 Å². The molecule has 0 aromatic carbocycles. The molecule has 0 aliphatic heterocycles. The summed E-state index contributed by atoms with van der Waals surface area (Å²) in [6.07, 6.45) is 1.45. The minimum absolute atomic E-state index is 0.190. The Morgan fingerprint density at radius 3 is 3.36 bits per heavy atom. The van der Waals surface area contributed by atoms with Gasteiger partial charge in [0.25, 0.3) is 0 Å². The molecule has 0 amide bonds. The van der Waals surface area contributed by atoms with E-state index in [4.69, 9.17) is 6.78 Å². The topological polar surface area (TPSA) is 56.9 Å². The number of nitrogens with zero attached hydrogens (tertiary/aromatic N) is 2. The third-order valence-electron chi connectivity index (χ3n) is 1.62. The predicted octanol–water partition coefficient (Wildman–Crippen LogP) is 0.450. The maximum Gasteiger partial charge on any atom is 0.172 e. The summed E-state index contributed by atoms with van der Waals surface area (Å²) in [5.41, 5.74) is 1.62. The van der Waals surface area contributed by atoms with Crippen LogP contribution in [0.3, 0.4) is 0 Å². The quantitative estimate of drug-likeness (QED) is 0.561. The molecule has 0 atom stereocenters. The van der Waals surface area contributed by atoms with E-state index in [9.17, 15) is 0 Å². The van der Waals surface area contributed by atoms with Crippen LogP contribution in [-0.4, -0.2) is 14.6 Å². The van der Waals surface area contributed by atoms with Gasteiger partial charge in [0.2, 0.25) is 0 Å². The Morgan fingerprint density at radius 1 is 1.82 bits per heavy atom. The summed E-state index contributed by atoms with van der Waals surface area (Å²) in [5, 5.41) is 10.3. The van der Waals surface area contributed by atoms with Crippen LogP contribution >= 0.6 is 0 Å². The van der Waals surface area contributed by atoms with Crippen molar-refractivity contribution in [3.63, 3.8) is 0 Å². The molecule has 4 nitrogen and oxygen atoms in total. The molecule has 0 aliphatic rings. The first kappa shape index (κ1) is 5.12. The van der Waals surface area contributed by atoms with E-state index in [-0.39, 0.29) is 5.49 Å². The Bertz CT molecular complexity index is 482. The Kier molecular flexibility index (Phi) is 0.908. The summed E-state index contributed by atoms with van der Waals surface area (Å²) in [4.78, 5) is 3.77. The predicted molar refractivity (Wildman–Crippen MR) is 40.1 cm³/mol. The summed E-state index contributed by atoms with van der Waals surface area (Å²) < 4.78 is 9.17. The van der Waals surface area contributed by atoms with E-state index in [2.05, 4.69) is 10.1 Å². The molecule has 0 unspecified atom stereocenters. The summed E-state index contributed by atoms with van der Waals surface area (Å²) >= 11 is 0. The minimum Gasteiger partial charge on any atom is -0.283 e. The maximum absolute atomic E-state index is 7.49. The van der Waals surface area contributed by atoms with E-state index in [1.807, 2.05) is 6.92 Å². The minimum atomic E-state index is 0.190. The zero-order valence-corrected chi connectivity index (χ0v) is 6.05. The van der Waals surface area contributed by atoms with Crippen molar-refractivity contribution in [3.8, 4) is 0 Å². The monoisotopic (exact) mass is 149 g/mol. The first-order valence-electron chi connectivity index (χ1n) is 3.77. The number of nitrogens with one attached hydrogen (secondary N) is 2. The van der Waals surface area contributed by atoms with Gasteiger partial charge in [-0.05, 0) is 19.0 Å². The molecule has 0 aliphatic carbocycles. The fraction of sp³-hybridized carbons (Fsp3) is 0.143. The van der Waals surface area contributed by atoms with Gasteiger partial charge in [0.1, 0.15) is 11.8 Å². The summed E-state index contributed by atoms with van der Waals surface area (Å²) in [6, 6.07) is 2.05. The van der Waals surface area contributed by atoms with Crippen molar-refractivity contribution in [1.29, 1.82) is 5.41 Å². The second-order valence-corrected chi connectivity index (χ2v) is 2.33. The van der Waals surface area contributed by atoms with Gasteiger partial charge in [-0.3, -0.25) is 15.0 Å². The molecule has 0 radical (unpaired) electrons. The van der Waals surface area contributed by atoms with E-state index < -0.39 is 0 Å². The lowest BCUT2D eigenvalue weighted by Crippen LogP contribution is -2.10. The van der Waals surface area contributed by atoms with Gasteiger partial charge in [0.15, 0.2) is 5.49 Å². The van der Waals surface area contributed by atoms with Gasteiger partial charge < -0.3 is 0 Å². The number of rotatable bonds is 0. The Hall–Kier alpha value is -1.58. The first-order chi connectivity index (χ1) is 5.70. The van der Waals surface area contributed by atoms with Gasteiger partial charge in [0.05, 0.1) is 1.37 Å². The molecule has 0 bridgehead atoms. The molecular weight excluding hydrogens is 140 g/mol. The average molecular weight is 149 g/mol. The first-order valence-corrected chi connectivity index (χ1v) is 3.27. The number of H-pyrrole nitrogens is 1. The molecule has 2 N–H and O–H groups in total. The molecule has 2 rings (SSSR count). The third-order valence-corrected chi connectivity index (χ3v) is 1.62. The molecule has 2 heterocycles. The number of hydrogen-bond donors (Lipinski definition) is 2. The van der Waals surface area contributed by atoms with Crippen LogP contribution in [0.5, 0.6) is 0 Å². The highest BCUT2D eigenvalue weighted by molar-refractivity contribution is 5.44. The van der Waals surface area contributed by atoms with E-state index in [1.165, 1.54) is 6.33 Å². The second kappa shape index (κ2) is 1.95. The zero-order chi connectivity index (χ0) is 8.72. The van der Waals surface area contributed by atoms with Crippen molar-refractivity contribution >= 4 is 5.52 Å². The van der Waals surface area contributed by atoms with Crippen molar-refractivity contribution in [1.82, 2.24) is 14.6 Å². The molecule has 2 aromatic rings. The maximum atomic E-state index is 7.49. The molecular formula is C7H8N4. The normalized spacial score (nSPS) is 11.9. The average Bonchev–Trinajstić information content (AvgIpc) is 2.32. The Morgan fingerprint density at radius 2 is 2.64 bits per heavy atom. The van der Waals surface area contributed by atoms with E-state index in [1.54, 1.807) is 10.6 Å². The molecule has 0 saturated carbocycles. The van der Waals surface area contributed by atoms with Crippen molar-refractivity contribution < 1.29 is 1.37 Å². The van der Waals surface area contributed by atoms with Gasteiger partial charge in [-0.25, -0.2) is 4.98 Å². The SMILES string of the molecule is [2H]c1cc2c(=N)nc[nH]n2c1C. The summed E-state index contributed by atoms with van der Waals surface area (Å²) in [5.74, 6) is 0. The Labute approximate surface area is 64.4 Å². The third kappa shape index (κ3) is 0.756. The highest BCUT2D eigenvalue weighted by Gasteiger charge is 1.96. The molecule has 0 fully saturated rings. The Balaban J connectivity index is 3.05. The van der Waals surface area contributed by atoms with Gasteiger partial charge in [-0.15, -0.1) is 0 Å². The number of fused-ring (bicyclic) bond motifs is 1. The van der Waals surface area contributed by atoms with Gasteiger partial charge in [0, 0.05) is 5.69 Å². The number of aromatic nitrogens is 3. The number of hydrogen-bond acceptors (Lipinski definition) is 2. The number of aryl methyl sites for hydroxylation is 1. The lowest BCUT2D eigenvalue weighted by atomic mass is 10.5. The van der Waals surface area contributed by atoms with E-state index in [0.29, 0.717) is 11.6 Å². The summed E-state index contributed by atoms with van der Waals surface area (Å²) in [6.45, 7) is 1.82. The largest absolute Gasteiger partial charge is 0.283 e. The van der Waals surface area contributed by atoms with Gasteiger partial charge in [-0.1, -0.05) is 0 Å². The smallest absolute Gasteiger partial charge is 0.172 e. The summed E-state index contributed by atoms with van der Waals surface area (Å²) in [7, 11) is 0. The van der Waals surface area contributed by atoms with Crippen LogP contribution in [0.25, 0.3) is 5.52 Å². The van der Waals surface area contributed by atoms with E-state index >= 15 is 0 Å².